The number of rotatable bonds is 7. The van der Waals surface area contributed by atoms with Crippen LogP contribution in [-0.4, -0.2) is 75.9 Å². The molecule has 0 bridgehead atoms. The Hall–Kier alpha value is -1.90. The number of hydrogen-bond acceptors (Lipinski definition) is 6. The number of benzene rings is 1. The predicted octanol–water partition coefficient (Wildman–Crippen LogP) is 1.26. The second-order valence-corrected chi connectivity index (χ2v) is 6.28. The summed E-state index contributed by atoms with van der Waals surface area (Å²) in [6.07, 6.45) is 0. The van der Waals surface area contributed by atoms with Crippen LogP contribution < -0.4 is 0 Å². The molecule has 0 unspecified atom stereocenters. The molecule has 25 heavy (non-hydrogen) atoms. The number of nitrogens with zero attached hydrogens (tertiary/aromatic N) is 6. The van der Waals surface area contributed by atoms with Crippen LogP contribution in [0.1, 0.15) is 18.3 Å². The largest absolute Gasteiger partial charge is 0.380 e. The minimum Gasteiger partial charge on any atom is -0.380 e. The molecule has 0 saturated carbocycles. The fourth-order valence-electron chi connectivity index (χ4n) is 2.99. The third kappa shape index (κ3) is 4.59. The molecular formula is C17H25FN6O. The summed E-state index contributed by atoms with van der Waals surface area (Å²) in [4.78, 5) is 4.70. The third-order valence-corrected chi connectivity index (χ3v) is 4.45. The van der Waals surface area contributed by atoms with Crippen LogP contribution in [0.15, 0.2) is 18.2 Å². The summed E-state index contributed by atoms with van der Waals surface area (Å²) in [6, 6.07) is 4.96. The zero-order chi connectivity index (χ0) is 17.6. The Kier molecular flexibility index (Phi) is 6.06. The smallest absolute Gasteiger partial charge is 0.170 e. The highest BCUT2D eigenvalue weighted by molar-refractivity contribution is 5.36. The highest BCUT2D eigenvalue weighted by Gasteiger charge is 2.20. The van der Waals surface area contributed by atoms with Gasteiger partial charge in [0.2, 0.25) is 0 Å². The van der Waals surface area contributed by atoms with Gasteiger partial charge < -0.3 is 4.74 Å². The third-order valence-electron chi connectivity index (χ3n) is 4.45. The van der Waals surface area contributed by atoms with Gasteiger partial charge in [-0.05, 0) is 42.0 Å². The van der Waals surface area contributed by atoms with Gasteiger partial charge in [0.15, 0.2) is 5.82 Å². The van der Waals surface area contributed by atoms with Crippen LogP contribution in [0.3, 0.4) is 0 Å². The molecule has 1 saturated heterocycles. The van der Waals surface area contributed by atoms with Crippen molar-refractivity contribution >= 4 is 0 Å². The fourth-order valence-corrected chi connectivity index (χ4v) is 2.99. The lowest BCUT2D eigenvalue weighted by molar-refractivity contribution is 0.0775. The molecule has 0 radical (unpaired) electrons. The standard InChI is InChI=1S/C17H25FN6O/c1-3-25-11-10-22-6-8-23(9-7-22)13-17-19-20-21-24(17)16-12-14(2)4-5-15(16)18/h4-5,12H,3,6-11,13H2,1-2H3. The van der Waals surface area contributed by atoms with Crippen molar-refractivity contribution in [1.82, 2.24) is 30.0 Å². The topological polar surface area (TPSA) is 59.3 Å². The number of halogens is 1. The average molecular weight is 348 g/mol. The highest BCUT2D eigenvalue weighted by Crippen LogP contribution is 2.16. The average Bonchev–Trinajstić information content (AvgIpc) is 3.07. The zero-order valence-corrected chi connectivity index (χ0v) is 14.9. The summed E-state index contributed by atoms with van der Waals surface area (Å²) in [7, 11) is 0. The molecule has 0 aliphatic carbocycles. The lowest BCUT2D eigenvalue weighted by Gasteiger charge is -2.34. The molecular weight excluding hydrogens is 323 g/mol. The van der Waals surface area contributed by atoms with E-state index < -0.39 is 0 Å². The molecule has 1 fully saturated rings. The minimum atomic E-state index is -0.320. The molecule has 1 aromatic heterocycles. The molecule has 0 amide bonds. The first kappa shape index (κ1) is 17.9. The minimum absolute atomic E-state index is 0.320. The van der Waals surface area contributed by atoms with Gasteiger partial charge in [0.1, 0.15) is 11.5 Å². The molecule has 7 nitrogen and oxygen atoms in total. The number of piperazine rings is 1. The molecule has 0 spiro atoms. The van der Waals surface area contributed by atoms with Gasteiger partial charge in [-0.3, -0.25) is 9.80 Å². The van der Waals surface area contributed by atoms with Crippen molar-refractivity contribution in [2.45, 2.75) is 20.4 Å². The first-order valence-electron chi connectivity index (χ1n) is 8.73. The van der Waals surface area contributed by atoms with Crippen molar-refractivity contribution < 1.29 is 9.13 Å². The van der Waals surface area contributed by atoms with Crippen LogP contribution in [0, 0.1) is 12.7 Å². The van der Waals surface area contributed by atoms with Gasteiger partial charge >= 0.3 is 0 Å². The van der Waals surface area contributed by atoms with E-state index in [1.165, 1.54) is 10.7 Å². The quantitative estimate of drug-likeness (QED) is 0.702. The van der Waals surface area contributed by atoms with Crippen molar-refractivity contribution in [2.75, 3.05) is 45.9 Å². The molecule has 136 valence electrons. The summed E-state index contributed by atoms with van der Waals surface area (Å²) in [5, 5.41) is 11.8. The Morgan fingerprint density at radius 3 is 2.68 bits per heavy atom. The Labute approximate surface area is 147 Å². The summed E-state index contributed by atoms with van der Waals surface area (Å²) < 4.78 is 21.1. The van der Waals surface area contributed by atoms with E-state index >= 15 is 0 Å². The van der Waals surface area contributed by atoms with E-state index in [4.69, 9.17) is 4.74 Å². The van der Waals surface area contributed by atoms with E-state index in [0.717, 1.165) is 51.5 Å². The Bertz CT molecular complexity index is 684. The molecule has 3 rings (SSSR count). The van der Waals surface area contributed by atoms with Crippen LogP contribution in [0.4, 0.5) is 4.39 Å². The fraction of sp³-hybridized carbons (Fsp3) is 0.588. The number of aryl methyl sites for hydroxylation is 1. The first-order valence-corrected chi connectivity index (χ1v) is 8.73. The van der Waals surface area contributed by atoms with Crippen molar-refractivity contribution in [3.63, 3.8) is 0 Å². The van der Waals surface area contributed by atoms with Crippen molar-refractivity contribution in [1.29, 1.82) is 0 Å². The van der Waals surface area contributed by atoms with Gasteiger partial charge in [0, 0.05) is 39.3 Å². The van der Waals surface area contributed by atoms with Crippen molar-refractivity contribution in [2.24, 2.45) is 0 Å². The monoisotopic (exact) mass is 348 g/mol. The van der Waals surface area contributed by atoms with Gasteiger partial charge in [0.25, 0.3) is 0 Å². The van der Waals surface area contributed by atoms with Gasteiger partial charge in [-0.25, -0.2) is 4.39 Å². The number of hydrogen-bond donors (Lipinski definition) is 0. The molecule has 2 aromatic rings. The molecule has 0 atom stereocenters. The highest BCUT2D eigenvalue weighted by atomic mass is 19.1. The van der Waals surface area contributed by atoms with Gasteiger partial charge in [0.05, 0.1) is 13.2 Å². The van der Waals surface area contributed by atoms with Gasteiger partial charge in [-0.15, -0.1) is 5.10 Å². The summed E-state index contributed by atoms with van der Waals surface area (Å²) in [6.45, 7) is 10.9. The van der Waals surface area contributed by atoms with Crippen LogP contribution >= 0.6 is 0 Å². The number of tetrazole rings is 1. The van der Waals surface area contributed by atoms with E-state index in [-0.39, 0.29) is 5.82 Å². The maximum atomic E-state index is 14.1. The van der Waals surface area contributed by atoms with Crippen molar-refractivity contribution in [3.8, 4) is 5.69 Å². The molecule has 1 aliphatic rings. The summed E-state index contributed by atoms with van der Waals surface area (Å²) in [5.74, 6) is 0.340. The molecule has 8 heteroatoms. The lowest BCUT2D eigenvalue weighted by Crippen LogP contribution is -2.47. The van der Waals surface area contributed by atoms with Crippen LogP contribution in [0.25, 0.3) is 5.69 Å². The first-order chi connectivity index (χ1) is 12.2. The normalized spacial score (nSPS) is 16.4. The molecule has 0 N–H and O–H groups in total. The predicted molar refractivity (Wildman–Crippen MR) is 92.1 cm³/mol. The number of ether oxygens (including phenoxy) is 1. The van der Waals surface area contributed by atoms with Gasteiger partial charge in [-0.1, -0.05) is 6.07 Å². The Morgan fingerprint density at radius 1 is 1.16 bits per heavy atom. The van der Waals surface area contributed by atoms with E-state index in [1.54, 1.807) is 12.1 Å². The van der Waals surface area contributed by atoms with Gasteiger partial charge in [-0.2, -0.15) is 4.68 Å². The molecule has 2 heterocycles. The lowest BCUT2D eigenvalue weighted by atomic mass is 10.2. The van der Waals surface area contributed by atoms with E-state index in [0.29, 0.717) is 18.1 Å². The van der Waals surface area contributed by atoms with Crippen molar-refractivity contribution in [3.05, 3.63) is 35.4 Å². The zero-order valence-electron chi connectivity index (χ0n) is 14.9. The second kappa shape index (κ2) is 8.46. The van der Waals surface area contributed by atoms with Crippen LogP contribution in [0.2, 0.25) is 0 Å². The van der Waals surface area contributed by atoms with Crippen LogP contribution in [0.5, 0.6) is 0 Å². The van der Waals surface area contributed by atoms with E-state index in [2.05, 4.69) is 25.3 Å². The molecule has 1 aromatic carbocycles. The SMILES string of the molecule is CCOCCN1CCN(Cc2nnnn2-c2cc(C)ccc2F)CC1. The number of aromatic nitrogens is 4. The maximum absolute atomic E-state index is 14.1. The summed E-state index contributed by atoms with van der Waals surface area (Å²) in [5.41, 5.74) is 1.37. The van der Waals surface area contributed by atoms with E-state index in [9.17, 15) is 4.39 Å². The van der Waals surface area contributed by atoms with Crippen LogP contribution in [-0.2, 0) is 11.3 Å². The molecule has 1 aliphatic heterocycles. The second-order valence-electron chi connectivity index (χ2n) is 6.28. The summed E-state index contributed by atoms with van der Waals surface area (Å²) >= 11 is 0. The van der Waals surface area contributed by atoms with E-state index in [1.807, 2.05) is 13.8 Å². The maximum Gasteiger partial charge on any atom is 0.170 e. The Morgan fingerprint density at radius 2 is 1.92 bits per heavy atom. The Balaban J connectivity index is 1.60.